The number of rotatable bonds is 18. The molecule has 4 aliphatic heterocycles. The molecule has 17 nitrogen and oxygen atoms in total. The minimum Gasteiger partial charge on any atom is -0.481 e. The molecular formula is C66H71N9O8. The van der Waals surface area contributed by atoms with E-state index < -0.39 is 23.9 Å². The summed E-state index contributed by atoms with van der Waals surface area (Å²) < 4.78 is 0. The van der Waals surface area contributed by atoms with Crippen molar-refractivity contribution < 1.29 is 39.6 Å². The first-order valence-electron chi connectivity index (χ1n) is 28.5. The second-order valence-electron chi connectivity index (χ2n) is 22.2. The molecule has 10 heterocycles. The molecule has 0 saturated heterocycles. The van der Waals surface area contributed by atoms with Crippen molar-refractivity contribution in [1.29, 1.82) is 0 Å². The van der Waals surface area contributed by atoms with Gasteiger partial charge >= 0.3 is 23.9 Å². The fourth-order valence-corrected chi connectivity index (χ4v) is 12.3. The molecular weight excluding hydrogens is 1050 g/mol. The van der Waals surface area contributed by atoms with Gasteiger partial charge in [0.2, 0.25) is 0 Å². The van der Waals surface area contributed by atoms with Gasteiger partial charge in [-0.25, -0.2) is 19.9 Å². The standard InChI is InChI=1S/C66H71N9O8/c1-11-39-31(3)47-21-49-33(5)41(13-17-63(76)77)57(70-49)27-59-43(15-19-65(80)81)35(7)51(72-59)25-61-45(37(9)53(74-61)23-55(39)68-47)29-67-30-46-38(10)54-24-56-40(12-2)32(4)48(69-56)22-50-34(6)42(14-18-64(78)79)58(71-50)28-60-44(16-20-66(82)83)36(8)52(73-60)26-62(46)75-54/h21-28,67-70,73H,11-20,29-30H2,1-10H3,(H,76,77)(H,78,79)(H,80,81)(H,82,83). The minimum absolute atomic E-state index is 0.0646. The average Bonchev–Trinajstić information content (AvgIpc) is 3.78. The van der Waals surface area contributed by atoms with Crippen LogP contribution in [0.1, 0.15) is 170 Å². The number of H-pyrrole nitrogens is 4. The number of aromatic amines is 4. The molecule has 83 heavy (non-hydrogen) atoms. The van der Waals surface area contributed by atoms with Gasteiger partial charge in [-0.05, 0) is 232 Å². The van der Waals surface area contributed by atoms with Gasteiger partial charge in [-0.15, -0.1) is 0 Å². The maximum absolute atomic E-state index is 12.1. The lowest BCUT2D eigenvalue weighted by Gasteiger charge is -2.10. The summed E-state index contributed by atoms with van der Waals surface area (Å²) in [6, 6.07) is 16.2. The number of nitrogens with zero attached hydrogens (tertiary/aromatic N) is 4. The Morgan fingerprint density at radius 2 is 0.614 bits per heavy atom. The van der Waals surface area contributed by atoms with E-state index in [-0.39, 0.29) is 44.9 Å². The number of aromatic nitrogens is 8. The molecule has 0 fully saturated rings. The second kappa shape index (κ2) is 23.1. The number of aryl methyl sites for hydroxylation is 8. The molecule has 0 aromatic carbocycles. The largest absolute Gasteiger partial charge is 0.481 e. The highest BCUT2D eigenvalue weighted by Crippen LogP contribution is 2.40. The third kappa shape index (κ3) is 11.2. The predicted molar refractivity (Wildman–Crippen MR) is 328 cm³/mol. The molecule has 0 spiro atoms. The van der Waals surface area contributed by atoms with Crippen molar-refractivity contribution in [3.63, 3.8) is 0 Å². The van der Waals surface area contributed by atoms with Crippen molar-refractivity contribution in [3.05, 3.63) is 139 Å². The zero-order chi connectivity index (χ0) is 59.3. The van der Waals surface area contributed by atoms with E-state index in [2.05, 4.69) is 85.0 Å². The first kappa shape index (κ1) is 57.3. The van der Waals surface area contributed by atoms with Crippen molar-refractivity contribution in [2.24, 2.45) is 0 Å². The number of allylic oxidation sites excluding steroid dienone is 6. The van der Waals surface area contributed by atoms with Gasteiger partial charge in [0.05, 0.1) is 45.6 Å². The van der Waals surface area contributed by atoms with Gasteiger partial charge in [0.15, 0.2) is 0 Å². The molecule has 6 aromatic heterocycles. The minimum atomic E-state index is -0.927. The van der Waals surface area contributed by atoms with E-state index in [4.69, 9.17) is 19.9 Å². The SMILES string of the molecule is CCc1c(C)c2cc3nc(cc4[nH]c(cc5nc(cc1[nH]2)C(C)=C5CNCC1=C(C)c2cc5[nH]c(cc6[nH]c(cc7nc(cc1n2)C(C)=C7CCC(=O)O)c(CCC(=O)O)c6C)c(C)c5CC)c(C)c4CCC(=O)O)C(CCC(=O)O)=C3C. The van der Waals surface area contributed by atoms with Crippen molar-refractivity contribution in [2.45, 2.75) is 133 Å². The van der Waals surface area contributed by atoms with Gasteiger partial charge in [0.1, 0.15) is 0 Å². The highest BCUT2D eigenvalue weighted by Gasteiger charge is 2.26. The molecule has 6 aromatic rings. The quantitative estimate of drug-likeness (QED) is 0.0388. The average molecular weight is 1120 g/mol. The monoisotopic (exact) mass is 1120 g/mol. The van der Waals surface area contributed by atoms with Gasteiger partial charge < -0.3 is 45.7 Å². The Morgan fingerprint density at radius 1 is 0.349 bits per heavy atom. The molecule has 0 amide bonds. The van der Waals surface area contributed by atoms with E-state index in [9.17, 15) is 39.6 Å². The molecule has 0 unspecified atom stereocenters. The summed E-state index contributed by atoms with van der Waals surface area (Å²) in [5.41, 5.74) is 27.5. The molecule has 17 heteroatoms. The third-order valence-electron chi connectivity index (χ3n) is 17.3. The summed E-state index contributed by atoms with van der Waals surface area (Å²) in [6.07, 6.45) is 2.25. The maximum atomic E-state index is 12.1. The number of hydrogen-bond acceptors (Lipinski definition) is 9. The zero-order valence-electron chi connectivity index (χ0n) is 48.8. The molecule has 16 bridgehead atoms. The summed E-state index contributed by atoms with van der Waals surface area (Å²) in [5, 5.41) is 43.2. The van der Waals surface area contributed by atoms with Crippen LogP contribution in [-0.2, 0) is 44.9 Å². The highest BCUT2D eigenvalue weighted by molar-refractivity contribution is 5.99. The fraction of sp³-hybridized carbons (Fsp3) is 0.333. The van der Waals surface area contributed by atoms with E-state index in [0.29, 0.717) is 47.8 Å². The van der Waals surface area contributed by atoms with E-state index >= 15 is 0 Å². The molecule has 428 valence electrons. The highest BCUT2D eigenvalue weighted by atomic mass is 16.4. The topological polar surface area (TPSA) is 276 Å². The van der Waals surface area contributed by atoms with Crippen LogP contribution in [0.5, 0.6) is 0 Å². The van der Waals surface area contributed by atoms with Crippen molar-refractivity contribution >= 4 is 113 Å². The number of fused-ring (bicyclic) bond motifs is 16. The Bertz CT molecular complexity index is 4270. The molecule has 4 aliphatic rings. The van der Waals surface area contributed by atoms with Crippen LogP contribution in [0.15, 0.2) is 48.5 Å². The lowest BCUT2D eigenvalue weighted by Crippen LogP contribution is -2.19. The van der Waals surface area contributed by atoms with Crippen LogP contribution in [0.4, 0.5) is 0 Å². The summed E-state index contributed by atoms with van der Waals surface area (Å²) in [7, 11) is 0. The zero-order valence-corrected chi connectivity index (χ0v) is 48.8. The van der Waals surface area contributed by atoms with Crippen LogP contribution in [-0.4, -0.2) is 97.3 Å². The van der Waals surface area contributed by atoms with Gasteiger partial charge in [0.25, 0.3) is 0 Å². The van der Waals surface area contributed by atoms with Crippen molar-refractivity contribution in [1.82, 2.24) is 45.2 Å². The van der Waals surface area contributed by atoms with Crippen LogP contribution >= 0.6 is 0 Å². The third-order valence-corrected chi connectivity index (χ3v) is 17.3. The van der Waals surface area contributed by atoms with Crippen LogP contribution in [0.2, 0.25) is 0 Å². The number of hydrogen-bond donors (Lipinski definition) is 9. The Hall–Kier alpha value is -8.96. The number of carboxylic acid groups (broad SMARTS) is 4. The molecule has 0 atom stereocenters. The summed E-state index contributed by atoms with van der Waals surface area (Å²) in [4.78, 5) is 83.7. The predicted octanol–water partition coefficient (Wildman–Crippen LogP) is 13.1. The lowest BCUT2D eigenvalue weighted by molar-refractivity contribution is -0.138. The van der Waals surface area contributed by atoms with Gasteiger partial charge in [0, 0.05) is 82.9 Å². The Kier molecular flexibility index (Phi) is 16.0. The van der Waals surface area contributed by atoms with Crippen LogP contribution in [0.25, 0.3) is 88.7 Å². The Balaban J connectivity index is 1.13. The summed E-state index contributed by atoms with van der Waals surface area (Å²) in [6.45, 7) is 21.4. The number of nitrogens with one attached hydrogen (secondary N) is 5. The molecule has 0 aliphatic carbocycles. The van der Waals surface area contributed by atoms with E-state index in [0.717, 1.165) is 163 Å². The molecule has 10 rings (SSSR count). The fourth-order valence-electron chi connectivity index (χ4n) is 12.3. The van der Waals surface area contributed by atoms with Crippen LogP contribution in [0, 0.1) is 27.7 Å². The molecule has 0 radical (unpaired) electrons. The number of aliphatic carboxylic acids is 4. The van der Waals surface area contributed by atoms with E-state index in [1.807, 2.05) is 58.0 Å². The van der Waals surface area contributed by atoms with Crippen molar-refractivity contribution in [2.75, 3.05) is 13.1 Å². The van der Waals surface area contributed by atoms with Gasteiger partial charge in [-0.2, -0.15) is 0 Å². The molecule has 9 N–H and O–H groups in total. The smallest absolute Gasteiger partial charge is 0.303 e. The summed E-state index contributed by atoms with van der Waals surface area (Å²) >= 11 is 0. The molecule has 0 saturated carbocycles. The van der Waals surface area contributed by atoms with Gasteiger partial charge in [-0.1, -0.05) is 13.8 Å². The van der Waals surface area contributed by atoms with E-state index in [1.165, 1.54) is 0 Å². The first-order chi connectivity index (χ1) is 39.6. The first-order valence-corrected chi connectivity index (χ1v) is 28.5. The van der Waals surface area contributed by atoms with Crippen LogP contribution < -0.4 is 5.32 Å². The lowest BCUT2D eigenvalue weighted by atomic mass is 9.99. The second-order valence-corrected chi connectivity index (χ2v) is 22.2. The van der Waals surface area contributed by atoms with Gasteiger partial charge in [-0.3, -0.25) is 19.2 Å². The normalized spacial score (nSPS) is 13.5. The van der Waals surface area contributed by atoms with E-state index in [1.54, 1.807) is 0 Å². The Labute approximate surface area is 480 Å². The van der Waals surface area contributed by atoms with Crippen LogP contribution in [0.3, 0.4) is 0 Å². The number of carbonyl (C=O) groups is 4. The Morgan fingerprint density at radius 3 is 0.988 bits per heavy atom. The van der Waals surface area contributed by atoms with Crippen molar-refractivity contribution in [3.8, 4) is 0 Å². The number of carboxylic acids is 4. The maximum Gasteiger partial charge on any atom is 0.303 e. The summed E-state index contributed by atoms with van der Waals surface area (Å²) in [5.74, 6) is -3.66.